The molecule has 0 spiro atoms. The summed E-state index contributed by atoms with van der Waals surface area (Å²) in [6.45, 7) is 5.08. The Morgan fingerprint density at radius 1 is 0.333 bits per heavy atom. The van der Waals surface area contributed by atoms with E-state index in [0.717, 1.165) is 86.3 Å². The first-order valence-electron chi connectivity index (χ1n) is 21.6. The molecular formula is C44H42B4Co2F16N8O4. The number of allylic oxidation sites excluding steroid dienone is 2. The van der Waals surface area contributed by atoms with Crippen molar-refractivity contribution < 1.29 is 122 Å². The van der Waals surface area contributed by atoms with E-state index in [0.29, 0.717) is 12.2 Å². The third kappa shape index (κ3) is 46.7. The molecule has 0 unspecified atom stereocenters. The summed E-state index contributed by atoms with van der Waals surface area (Å²) < 4.78 is 156. The summed E-state index contributed by atoms with van der Waals surface area (Å²) in [6.07, 6.45) is 13.9. The van der Waals surface area contributed by atoms with Crippen molar-refractivity contribution in [2.75, 3.05) is 13.1 Å². The Labute approximate surface area is 457 Å². The third-order valence-electron chi connectivity index (χ3n) is 8.28. The van der Waals surface area contributed by atoms with E-state index in [1.54, 1.807) is 0 Å². The van der Waals surface area contributed by atoms with Gasteiger partial charge in [-0.05, 0) is 84.9 Å². The summed E-state index contributed by atoms with van der Waals surface area (Å²) in [4.78, 5) is 52.0. The summed E-state index contributed by atoms with van der Waals surface area (Å²) in [7, 11) is -24.0. The molecule has 0 N–H and O–H groups in total. The molecule has 6 aromatic rings. The predicted molar refractivity (Wildman–Crippen MR) is 248 cm³/mol. The number of rotatable bonds is 14. The molecule has 424 valence electrons. The number of halogens is 16. The Hall–Kier alpha value is -6.61. The molecule has 0 aromatic carbocycles. The minimum atomic E-state index is -6.00. The number of pyridine rings is 6. The van der Waals surface area contributed by atoms with Gasteiger partial charge in [-0.3, -0.25) is 49.3 Å². The molecule has 0 aliphatic heterocycles. The van der Waals surface area contributed by atoms with Crippen molar-refractivity contribution in [3.63, 3.8) is 0 Å². The second-order valence-corrected chi connectivity index (χ2v) is 14.6. The van der Waals surface area contributed by atoms with Crippen LogP contribution in [0.2, 0.25) is 0 Å². The van der Waals surface area contributed by atoms with Gasteiger partial charge in [0.15, 0.2) is 11.6 Å². The topological polar surface area (TPSA) is 164 Å². The van der Waals surface area contributed by atoms with Crippen LogP contribution in [0.1, 0.15) is 34.2 Å². The van der Waals surface area contributed by atoms with E-state index in [1.165, 1.54) is 0 Å². The van der Waals surface area contributed by atoms with Gasteiger partial charge in [0.05, 0.1) is 22.8 Å². The smallest absolute Gasteiger partial charge is 0.870 e. The second kappa shape index (κ2) is 38.9. The largest absolute Gasteiger partial charge is 3.00 e. The molecule has 12 nitrogen and oxygen atoms in total. The summed E-state index contributed by atoms with van der Waals surface area (Å²) in [5.41, 5.74) is 6.52. The van der Waals surface area contributed by atoms with Gasteiger partial charge in [-0.1, -0.05) is 47.9 Å². The van der Waals surface area contributed by atoms with E-state index < -0.39 is 52.1 Å². The van der Waals surface area contributed by atoms with Crippen molar-refractivity contribution >= 4 is 40.6 Å². The number of ketones is 2. The van der Waals surface area contributed by atoms with Crippen LogP contribution < -0.4 is 10.2 Å². The van der Waals surface area contributed by atoms with Crippen molar-refractivity contribution in [3.05, 3.63) is 204 Å². The molecule has 0 saturated heterocycles. The van der Waals surface area contributed by atoms with E-state index >= 15 is 0 Å². The van der Waals surface area contributed by atoms with Gasteiger partial charge in [-0.25, -0.2) is 0 Å². The molecule has 6 heterocycles. The molecule has 1 aliphatic carbocycles. The van der Waals surface area contributed by atoms with Crippen molar-refractivity contribution in [1.82, 2.24) is 39.7 Å². The maximum Gasteiger partial charge on any atom is 3.00 e. The summed E-state index contributed by atoms with van der Waals surface area (Å²) in [5, 5.41) is 20.7. The molecule has 0 amide bonds. The van der Waals surface area contributed by atoms with Gasteiger partial charge < -0.3 is 79.3 Å². The maximum absolute atomic E-state index is 10.3. The Morgan fingerprint density at radius 3 is 0.679 bits per heavy atom. The van der Waals surface area contributed by atoms with E-state index in [4.69, 9.17) is 0 Å². The first-order valence-corrected chi connectivity index (χ1v) is 21.6. The molecule has 78 heavy (non-hydrogen) atoms. The van der Waals surface area contributed by atoms with Gasteiger partial charge in [-0.2, -0.15) is 0 Å². The number of hydrogen-bond donors (Lipinski definition) is 0. The summed E-state index contributed by atoms with van der Waals surface area (Å²) in [5.74, 6) is -3.71. The molecule has 0 bridgehead atoms. The van der Waals surface area contributed by atoms with Crippen molar-refractivity contribution in [1.29, 1.82) is 0 Å². The Morgan fingerprint density at radius 2 is 0.513 bits per heavy atom. The first kappa shape index (κ1) is 73.5. The van der Waals surface area contributed by atoms with Crippen LogP contribution in [-0.4, -0.2) is 93.4 Å². The molecule has 0 radical (unpaired) electrons. The molecule has 0 saturated carbocycles. The zero-order chi connectivity index (χ0) is 57.2. The van der Waals surface area contributed by atoms with Crippen molar-refractivity contribution in [2.45, 2.75) is 39.0 Å². The standard InChI is InChI=1S/2C19H20N4.C6H4O4.4BF4.2Co/c2*1-4-11-20-17(7-1)10-14-23(15-18-8-2-5-12-21-18)16-19-9-3-6-13-22-19;7-3-1-4(8)6(10)2-5(3)9;4*2-1(3,4)5;;/h2*1-9,11-13H,10,14-16H2;1-2,7,10H;;;;;;/q;;;4*-1;2*+3/p-2. The fraction of sp³-hybridized carbons (Fsp3) is 0.182. The van der Waals surface area contributed by atoms with Crippen molar-refractivity contribution in [2.24, 2.45) is 0 Å². The number of hydrogen-bond acceptors (Lipinski definition) is 12. The molecule has 0 fully saturated rings. The van der Waals surface area contributed by atoms with Crippen LogP contribution in [0.4, 0.5) is 69.1 Å². The van der Waals surface area contributed by atoms with Gasteiger partial charge in [0.2, 0.25) is 0 Å². The molecule has 0 atom stereocenters. The van der Waals surface area contributed by atoms with Gasteiger partial charge in [0.25, 0.3) is 0 Å². The van der Waals surface area contributed by atoms with Crippen LogP contribution in [0, 0.1) is 0 Å². The number of nitrogens with zero attached hydrogens (tertiary/aromatic N) is 8. The van der Waals surface area contributed by atoms with Crippen LogP contribution in [0.5, 0.6) is 0 Å². The Bertz CT molecular complexity index is 2280. The Balaban J connectivity index is 0. The quantitative estimate of drug-likeness (QED) is 0.0579. The van der Waals surface area contributed by atoms with Gasteiger partial charge >= 0.3 is 62.6 Å². The second-order valence-electron chi connectivity index (χ2n) is 14.6. The van der Waals surface area contributed by atoms with Crippen LogP contribution >= 0.6 is 0 Å². The number of carbonyl (C=O) groups excluding carboxylic acids is 2. The minimum absolute atomic E-state index is 0. The van der Waals surface area contributed by atoms with Crippen LogP contribution in [-0.2, 0) is 82.2 Å². The van der Waals surface area contributed by atoms with Crippen LogP contribution in [0.25, 0.3) is 0 Å². The van der Waals surface area contributed by atoms with E-state index in [2.05, 4.69) is 76.1 Å². The average molecular weight is 1210 g/mol. The van der Waals surface area contributed by atoms with Gasteiger partial charge in [0, 0.05) is 101 Å². The number of carbonyl (C=O) groups is 2. The zero-order valence-corrected chi connectivity index (χ0v) is 42.0. The van der Waals surface area contributed by atoms with E-state index in [9.17, 15) is 88.9 Å². The maximum atomic E-state index is 10.3. The molecule has 1 aliphatic rings. The van der Waals surface area contributed by atoms with Crippen LogP contribution in [0.3, 0.4) is 0 Å². The van der Waals surface area contributed by atoms with Crippen LogP contribution in [0.15, 0.2) is 170 Å². The Kier molecular flexibility index (Phi) is 36.6. The predicted octanol–water partition coefficient (Wildman–Crippen LogP) is 9.05. The van der Waals surface area contributed by atoms with Crippen molar-refractivity contribution in [3.8, 4) is 0 Å². The van der Waals surface area contributed by atoms with E-state index in [1.807, 2.05) is 110 Å². The first-order chi connectivity index (χ1) is 35.4. The zero-order valence-electron chi connectivity index (χ0n) is 39.9. The normalized spacial score (nSPS) is 11.8. The fourth-order valence-corrected chi connectivity index (χ4v) is 5.47. The fourth-order valence-electron chi connectivity index (χ4n) is 5.47. The summed E-state index contributed by atoms with van der Waals surface area (Å²) in [6, 6.07) is 36.2. The SMILES string of the molecule is F[B-](F)(F)F.F[B-](F)(F)F.F[B-](F)(F)F.F[B-](F)(F)F.O=C1C=C([O-])C(=O)C=C1[O-].[Co+3].[Co+3].c1ccc(CCN(Cc2ccccn2)Cc2ccccn2)nc1.c1ccc(CCN(Cc2ccccn2)Cc2ccccn2)nc1. The molecule has 7 rings (SSSR count). The molecule has 34 heteroatoms. The van der Waals surface area contributed by atoms with Gasteiger partial charge in [0.1, 0.15) is 0 Å². The van der Waals surface area contributed by atoms with E-state index in [-0.39, 0.29) is 33.6 Å². The molecule has 6 aromatic heterocycles. The van der Waals surface area contributed by atoms with Gasteiger partial charge in [-0.15, -0.1) is 0 Å². The average Bonchev–Trinajstić information content (AvgIpc) is 3.32. The summed E-state index contributed by atoms with van der Waals surface area (Å²) >= 11 is 0. The molecular weight excluding hydrogens is 1170 g/mol. The third-order valence-corrected chi connectivity index (χ3v) is 8.28. The minimum Gasteiger partial charge on any atom is -0.870 e. The monoisotopic (exact) mass is 1210 g/mol. The number of aromatic nitrogens is 6.